The van der Waals surface area contributed by atoms with Gasteiger partial charge < -0.3 is 31.3 Å². The third-order valence-corrected chi connectivity index (χ3v) is 8.79. The number of aliphatic hydroxyl groups is 4. The highest BCUT2D eigenvalue weighted by atomic mass is 16.4. The highest BCUT2D eigenvalue weighted by Crippen LogP contribution is 2.56. The number of phenolic OH excluding ortho intramolecular Hbond substituents is 1. The molecule has 1 saturated carbocycles. The first-order chi connectivity index (χ1) is 19.3. The van der Waals surface area contributed by atoms with Crippen molar-refractivity contribution in [2.45, 2.75) is 37.5 Å². The zero-order valence-corrected chi connectivity index (χ0v) is 21.5. The van der Waals surface area contributed by atoms with Gasteiger partial charge in [-0.3, -0.25) is 28.9 Å². The maximum Gasteiger partial charge on any atom is 0.261 e. The van der Waals surface area contributed by atoms with Crippen LogP contribution in [-0.2, 0) is 20.9 Å². The van der Waals surface area contributed by atoms with E-state index in [2.05, 4.69) is 0 Å². The van der Waals surface area contributed by atoms with Gasteiger partial charge in [0.1, 0.15) is 22.8 Å². The molecule has 2 aromatic rings. The lowest BCUT2D eigenvalue weighted by atomic mass is 9.55. The van der Waals surface area contributed by atoms with Crippen molar-refractivity contribution in [3.8, 4) is 5.75 Å². The van der Waals surface area contributed by atoms with Crippen molar-refractivity contribution in [2.24, 2.45) is 17.6 Å². The van der Waals surface area contributed by atoms with E-state index in [0.29, 0.717) is 5.56 Å². The van der Waals surface area contributed by atoms with Crippen LogP contribution in [0, 0.1) is 11.8 Å². The number of phenols is 1. The lowest BCUT2D eigenvalue weighted by Gasteiger charge is -2.50. The van der Waals surface area contributed by atoms with Gasteiger partial charge >= 0.3 is 0 Å². The normalized spacial score (nSPS) is 28.9. The fourth-order valence-electron chi connectivity index (χ4n) is 6.72. The Balaban J connectivity index is 1.47. The van der Waals surface area contributed by atoms with Crippen LogP contribution in [0.25, 0.3) is 5.76 Å². The number of Topliss-reactive ketones (excluding diaryl/α,β-unsaturated/α-hetero) is 2. The number of ketones is 2. The second kappa shape index (κ2) is 8.59. The van der Waals surface area contributed by atoms with Gasteiger partial charge in [0.2, 0.25) is 5.78 Å². The number of nitrogens with two attached hydrogens (primary N) is 1. The smallest absolute Gasteiger partial charge is 0.261 e. The summed E-state index contributed by atoms with van der Waals surface area (Å²) in [6.07, 6.45) is -2.31. The average Bonchev–Trinajstić information content (AvgIpc) is 3.16. The third-order valence-electron chi connectivity index (χ3n) is 8.79. The molecule has 2 aromatic carbocycles. The minimum absolute atomic E-state index is 0.0680. The number of benzene rings is 2. The first kappa shape index (κ1) is 26.4. The Bertz CT molecular complexity index is 1670. The van der Waals surface area contributed by atoms with Crippen LogP contribution >= 0.6 is 0 Å². The number of carbonyl (C=O) groups excluding carboxylic acids is 5. The minimum atomic E-state index is -2.94. The molecule has 3 aliphatic carbocycles. The fourth-order valence-corrected chi connectivity index (χ4v) is 6.72. The van der Waals surface area contributed by atoms with Crippen LogP contribution in [0.15, 0.2) is 53.3 Å². The van der Waals surface area contributed by atoms with Gasteiger partial charge in [0.15, 0.2) is 11.4 Å². The number of imide groups is 1. The largest absolute Gasteiger partial charge is 0.508 e. The number of fused-ring (bicyclic) bond motifs is 4. The molecular formula is C29H24N2O10. The second-order valence-corrected chi connectivity index (χ2v) is 10.8. The SMILES string of the molecule is CC1c2ccc(CN3C(=O)c4ccccc4C3=O)c(O)c2C(O)=C2C(=O)C3(O)C(O)=C(C(N)=O)C(=O)CC3C(O)C21. The first-order valence-electron chi connectivity index (χ1n) is 12.8. The lowest BCUT2D eigenvalue weighted by Crippen LogP contribution is -2.63. The number of amides is 3. The minimum Gasteiger partial charge on any atom is -0.508 e. The number of hydrogen-bond donors (Lipinski definition) is 6. The van der Waals surface area contributed by atoms with Gasteiger partial charge in [-0.2, -0.15) is 0 Å². The Labute approximate surface area is 231 Å². The van der Waals surface area contributed by atoms with E-state index in [1.54, 1.807) is 19.1 Å². The van der Waals surface area contributed by atoms with E-state index < -0.39 is 93.6 Å². The topological polar surface area (TPSA) is 216 Å². The Morgan fingerprint density at radius 2 is 1.63 bits per heavy atom. The molecule has 1 aliphatic heterocycles. The molecule has 6 rings (SSSR count). The van der Waals surface area contributed by atoms with Crippen LogP contribution in [0.5, 0.6) is 5.75 Å². The van der Waals surface area contributed by atoms with E-state index in [9.17, 15) is 49.5 Å². The predicted molar refractivity (Wildman–Crippen MR) is 138 cm³/mol. The van der Waals surface area contributed by atoms with E-state index >= 15 is 0 Å². The monoisotopic (exact) mass is 560 g/mol. The van der Waals surface area contributed by atoms with Gasteiger partial charge in [0, 0.05) is 29.4 Å². The first-order valence-corrected chi connectivity index (χ1v) is 12.8. The summed E-state index contributed by atoms with van der Waals surface area (Å²) in [6.45, 7) is 1.25. The molecule has 7 N–H and O–H groups in total. The summed E-state index contributed by atoms with van der Waals surface area (Å²) in [5.74, 6) is -10.8. The molecule has 0 spiro atoms. The van der Waals surface area contributed by atoms with Crippen molar-refractivity contribution < 1.29 is 49.5 Å². The number of aliphatic hydroxyl groups excluding tert-OH is 3. The van der Waals surface area contributed by atoms with Crippen molar-refractivity contribution in [3.63, 3.8) is 0 Å². The lowest BCUT2D eigenvalue weighted by molar-refractivity contribution is -0.160. The molecule has 1 fully saturated rings. The number of hydrogen-bond acceptors (Lipinski definition) is 10. The molecule has 3 amide bonds. The van der Waals surface area contributed by atoms with E-state index in [0.717, 1.165) is 4.90 Å². The van der Waals surface area contributed by atoms with Crippen molar-refractivity contribution >= 4 is 35.0 Å². The summed E-state index contributed by atoms with van der Waals surface area (Å²) in [5, 5.41) is 56.1. The predicted octanol–water partition coefficient (Wildman–Crippen LogP) is 0.752. The van der Waals surface area contributed by atoms with Gasteiger partial charge in [0.25, 0.3) is 17.7 Å². The molecule has 5 unspecified atom stereocenters. The molecule has 1 heterocycles. The highest BCUT2D eigenvalue weighted by molar-refractivity contribution is 6.23. The highest BCUT2D eigenvalue weighted by Gasteiger charge is 2.65. The third kappa shape index (κ3) is 3.25. The summed E-state index contributed by atoms with van der Waals surface area (Å²) in [7, 11) is 0. The Morgan fingerprint density at radius 3 is 2.22 bits per heavy atom. The summed E-state index contributed by atoms with van der Waals surface area (Å²) in [4.78, 5) is 64.8. The number of aromatic hydroxyl groups is 1. The van der Waals surface area contributed by atoms with Crippen LogP contribution in [-0.4, -0.2) is 71.4 Å². The van der Waals surface area contributed by atoms with Crippen LogP contribution in [0.4, 0.5) is 0 Å². The molecule has 41 heavy (non-hydrogen) atoms. The fraction of sp³-hybridized carbons (Fsp3) is 0.276. The standard InChI is InChI=1S/C29H24N2O10/c1-10-12-7-6-11(9-31-27(39)13-4-2-3-5-14(13)28(31)40)21(33)18(12)23(35)20-17(10)22(34)15-8-16(32)19(26(30)38)24(36)29(15,41)25(20)37/h2-7,10,15,17,22,33-36,41H,8-9H2,1H3,(H2,30,38). The molecular weight excluding hydrogens is 536 g/mol. The molecule has 12 heteroatoms. The van der Waals surface area contributed by atoms with E-state index in [1.807, 2.05) is 0 Å². The van der Waals surface area contributed by atoms with Gasteiger partial charge in [-0.1, -0.05) is 31.2 Å². The van der Waals surface area contributed by atoms with Crippen LogP contribution < -0.4 is 5.73 Å². The van der Waals surface area contributed by atoms with Crippen LogP contribution in [0.3, 0.4) is 0 Å². The van der Waals surface area contributed by atoms with E-state index in [-0.39, 0.29) is 28.8 Å². The zero-order valence-electron chi connectivity index (χ0n) is 21.5. The van der Waals surface area contributed by atoms with Crippen molar-refractivity contribution in [2.75, 3.05) is 0 Å². The number of nitrogens with zero attached hydrogens (tertiary/aromatic N) is 1. The molecule has 0 aromatic heterocycles. The molecule has 0 saturated heterocycles. The average molecular weight is 561 g/mol. The molecule has 0 bridgehead atoms. The molecule has 4 aliphatic rings. The zero-order chi connectivity index (χ0) is 29.7. The van der Waals surface area contributed by atoms with Crippen LogP contribution in [0.2, 0.25) is 0 Å². The molecule has 210 valence electrons. The molecule has 0 radical (unpaired) electrons. The Kier molecular flexibility index (Phi) is 5.54. The summed E-state index contributed by atoms with van der Waals surface area (Å²) in [5.41, 5.74) is 1.34. The van der Waals surface area contributed by atoms with E-state index in [4.69, 9.17) is 5.73 Å². The summed E-state index contributed by atoms with van der Waals surface area (Å²) in [6, 6.07) is 9.21. The quantitative estimate of drug-likeness (QED) is 0.229. The maximum absolute atomic E-state index is 13.8. The second-order valence-electron chi connectivity index (χ2n) is 10.8. The molecule has 5 atom stereocenters. The van der Waals surface area contributed by atoms with Gasteiger partial charge in [-0.15, -0.1) is 0 Å². The number of primary amides is 1. The maximum atomic E-state index is 13.8. The summed E-state index contributed by atoms with van der Waals surface area (Å²) < 4.78 is 0. The van der Waals surface area contributed by atoms with Crippen molar-refractivity contribution in [3.05, 3.63) is 81.1 Å². The number of carbonyl (C=O) groups is 5. The van der Waals surface area contributed by atoms with E-state index in [1.165, 1.54) is 24.3 Å². The van der Waals surface area contributed by atoms with Crippen LogP contribution in [0.1, 0.15) is 56.7 Å². The van der Waals surface area contributed by atoms with Crippen molar-refractivity contribution in [1.82, 2.24) is 4.90 Å². The summed E-state index contributed by atoms with van der Waals surface area (Å²) >= 11 is 0. The Hall–Kier alpha value is -4.81. The van der Waals surface area contributed by atoms with Crippen molar-refractivity contribution in [1.29, 1.82) is 0 Å². The van der Waals surface area contributed by atoms with Gasteiger partial charge in [-0.05, 0) is 23.6 Å². The molecule has 12 nitrogen and oxygen atoms in total. The van der Waals surface area contributed by atoms with Gasteiger partial charge in [0.05, 0.1) is 29.3 Å². The van der Waals surface area contributed by atoms with Gasteiger partial charge in [-0.25, -0.2) is 0 Å². The Morgan fingerprint density at radius 1 is 1.02 bits per heavy atom. The number of rotatable bonds is 3.